The summed E-state index contributed by atoms with van der Waals surface area (Å²) in [6.07, 6.45) is 10.7. The Morgan fingerprint density at radius 3 is 2.64 bits per heavy atom. The highest BCUT2D eigenvalue weighted by molar-refractivity contribution is 5.85. The summed E-state index contributed by atoms with van der Waals surface area (Å²) in [4.78, 5) is 31.3. The van der Waals surface area contributed by atoms with Crippen molar-refractivity contribution < 1.29 is 4.79 Å². The Labute approximate surface area is 191 Å². The number of aromatic amines is 1. The average molecular weight is 445 g/mol. The van der Waals surface area contributed by atoms with Gasteiger partial charge in [0, 0.05) is 30.5 Å². The monoisotopic (exact) mass is 444 g/mol. The van der Waals surface area contributed by atoms with E-state index in [1.807, 2.05) is 0 Å². The van der Waals surface area contributed by atoms with E-state index < -0.39 is 0 Å². The predicted molar refractivity (Wildman–Crippen MR) is 128 cm³/mol. The van der Waals surface area contributed by atoms with E-state index in [1.54, 1.807) is 6.33 Å². The second-order valence-electron chi connectivity index (χ2n) is 9.26. The van der Waals surface area contributed by atoms with Crippen molar-refractivity contribution in [3.05, 3.63) is 42.7 Å². The number of imidazole rings is 1. The van der Waals surface area contributed by atoms with Crippen LogP contribution in [-0.2, 0) is 4.79 Å². The number of benzene rings is 1. The first kappa shape index (κ1) is 20.0. The molecule has 1 aliphatic heterocycles. The number of primary amides is 1. The number of piperidine rings is 1. The highest BCUT2D eigenvalue weighted by Crippen LogP contribution is 2.45. The summed E-state index contributed by atoms with van der Waals surface area (Å²) in [7, 11) is 0. The van der Waals surface area contributed by atoms with Crippen molar-refractivity contribution >= 4 is 40.2 Å². The van der Waals surface area contributed by atoms with E-state index in [4.69, 9.17) is 10.7 Å². The van der Waals surface area contributed by atoms with Crippen molar-refractivity contribution in [1.82, 2.24) is 19.9 Å². The van der Waals surface area contributed by atoms with Crippen LogP contribution in [0.2, 0.25) is 0 Å². The summed E-state index contributed by atoms with van der Waals surface area (Å²) in [5.74, 6) is 0.999. The van der Waals surface area contributed by atoms with Crippen LogP contribution in [0.4, 0.5) is 23.1 Å². The number of aromatic nitrogens is 4. The number of nitrogens with two attached hydrogens (primary N) is 1. The zero-order chi connectivity index (χ0) is 22.4. The normalized spacial score (nSPS) is 26.1. The smallest absolute Gasteiger partial charge is 0.231 e. The van der Waals surface area contributed by atoms with E-state index in [2.05, 4.69) is 66.9 Å². The Balaban J connectivity index is 1.25. The SMILES string of the molecule is NC(=O)C1C2C=CC(C2)C1Nc1nc(Nc2ccc(N3CCCCC3)cc2)nc2[nH]cnc12. The Morgan fingerprint density at radius 2 is 1.85 bits per heavy atom. The van der Waals surface area contributed by atoms with Crippen LogP contribution in [0.15, 0.2) is 42.7 Å². The summed E-state index contributed by atoms with van der Waals surface area (Å²) in [5.41, 5.74) is 9.18. The Kier molecular flexibility index (Phi) is 4.89. The molecule has 4 unspecified atom stereocenters. The van der Waals surface area contributed by atoms with Crippen LogP contribution in [0.3, 0.4) is 0 Å². The molecule has 0 radical (unpaired) electrons. The molecule has 1 saturated heterocycles. The molecule has 9 heteroatoms. The van der Waals surface area contributed by atoms with Gasteiger partial charge in [0.15, 0.2) is 11.5 Å². The summed E-state index contributed by atoms with van der Waals surface area (Å²) >= 11 is 0. The van der Waals surface area contributed by atoms with Crippen LogP contribution >= 0.6 is 0 Å². The van der Waals surface area contributed by atoms with E-state index in [-0.39, 0.29) is 29.7 Å². The Morgan fingerprint density at radius 1 is 1.06 bits per heavy atom. The molecule has 170 valence electrons. The molecule has 2 bridgehead atoms. The van der Waals surface area contributed by atoms with Gasteiger partial charge in [-0.05, 0) is 61.8 Å². The van der Waals surface area contributed by atoms with Gasteiger partial charge in [0.05, 0.1) is 12.2 Å². The van der Waals surface area contributed by atoms with Gasteiger partial charge in [0.1, 0.15) is 5.52 Å². The fraction of sp³-hybridized carbons (Fsp3) is 0.417. The first-order chi connectivity index (χ1) is 16.2. The van der Waals surface area contributed by atoms with E-state index in [1.165, 1.54) is 24.9 Å². The number of carbonyl (C=O) groups is 1. The largest absolute Gasteiger partial charge is 0.372 e. The summed E-state index contributed by atoms with van der Waals surface area (Å²) in [6, 6.07) is 8.30. The number of H-pyrrole nitrogens is 1. The molecule has 5 N–H and O–H groups in total. The maximum Gasteiger partial charge on any atom is 0.231 e. The zero-order valence-electron chi connectivity index (χ0n) is 18.4. The number of hydrogen-bond acceptors (Lipinski definition) is 7. The summed E-state index contributed by atoms with van der Waals surface area (Å²) in [5, 5.41) is 6.79. The maximum absolute atomic E-state index is 12.1. The fourth-order valence-corrected chi connectivity index (χ4v) is 5.59. The number of carbonyl (C=O) groups excluding carboxylic acids is 1. The minimum Gasteiger partial charge on any atom is -0.372 e. The number of fused-ring (bicyclic) bond motifs is 3. The number of rotatable bonds is 6. The first-order valence-electron chi connectivity index (χ1n) is 11.7. The highest BCUT2D eigenvalue weighted by atomic mass is 16.1. The second-order valence-corrected chi connectivity index (χ2v) is 9.26. The van der Waals surface area contributed by atoms with Crippen LogP contribution in [-0.4, -0.2) is 45.0 Å². The van der Waals surface area contributed by atoms with Crippen molar-refractivity contribution in [2.45, 2.75) is 31.7 Å². The molecule has 33 heavy (non-hydrogen) atoms. The Hall–Kier alpha value is -3.62. The van der Waals surface area contributed by atoms with Gasteiger partial charge in [0.2, 0.25) is 11.9 Å². The quantitative estimate of drug-likeness (QED) is 0.430. The molecule has 3 heterocycles. The molecular weight excluding hydrogens is 416 g/mol. The number of amides is 1. The third kappa shape index (κ3) is 3.67. The minimum atomic E-state index is -0.274. The molecule has 6 rings (SSSR count). The summed E-state index contributed by atoms with van der Waals surface area (Å²) in [6.45, 7) is 2.23. The van der Waals surface area contributed by atoms with Crippen molar-refractivity contribution in [3.8, 4) is 0 Å². The topological polar surface area (TPSA) is 125 Å². The summed E-state index contributed by atoms with van der Waals surface area (Å²) < 4.78 is 0. The van der Waals surface area contributed by atoms with Crippen molar-refractivity contribution in [2.75, 3.05) is 28.6 Å². The molecule has 3 aliphatic rings. The van der Waals surface area contributed by atoms with Gasteiger partial charge >= 0.3 is 0 Å². The Bertz CT molecular complexity index is 1200. The van der Waals surface area contributed by atoms with Crippen LogP contribution in [0.5, 0.6) is 0 Å². The molecular formula is C24H28N8O. The number of allylic oxidation sites excluding steroid dienone is 1. The van der Waals surface area contributed by atoms with Crippen LogP contribution in [0.25, 0.3) is 11.2 Å². The molecule has 1 aromatic carbocycles. The lowest BCUT2D eigenvalue weighted by molar-refractivity contribution is -0.122. The molecule has 2 aliphatic carbocycles. The molecule has 1 amide bonds. The van der Waals surface area contributed by atoms with Gasteiger partial charge in [0.25, 0.3) is 0 Å². The predicted octanol–water partition coefficient (Wildman–Crippen LogP) is 3.17. The van der Waals surface area contributed by atoms with E-state index in [9.17, 15) is 4.79 Å². The third-order valence-electron chi connectivity index (χ3n) is 7.21. The standard InChI is InChI=1S/C24H28N8O/c25-21(33)18-14-4-5-15(12-14)19(18)29-23-20-22(27-13-26-20)30-24(31-23)28-16-6-8-17(9-7-16)32-10-2-1-3-11-32/h4-9,13-15,18-19H,1-3,10-12H2,(H2,25,33)(H3,26,27,28,29,30,31). The van der Waals surface area contributed by atoms with Gasteiger partial charge in [-0.1, -0.05) is 12.2 Å². The van der Waals surface area contributed by atoms with E-state index in [0.717, 1.165) is 25.2 Å². The van der Waals surface area contributed by atoms with Gasteiger partial charge in [-0.2, -0.15) is 9.97 Å². The second kappa shape index (κ2) is 8.06. The van der Waals surface area contributed by atoms with Crippen LogP contribution in [0.1, 0.15) is 25.7 Å². The number of nitrogens with zero attached hydrogens (tertiary/aromatic N) is 4. The highest BCUT2D eigenvalue weighted by Gasteiger charge is 2.47. The van der Waals surface area contributed by atoms with Crippen molar-refractivity contribution in [2.24, 2.45) is 23.5 Å². The molecule has 0 spiro atoms. The van der Waals surface area contributed by atoms with Crippen LogP contribution < -0.4 is 21.3 Å². The van der Waals surface area contributed by atoms with Gasteiger partial charge in [-0.3, -0.25) is 4.79 Å². The average Bonchev–Trinajstić information content (AvgIpc) is 3.56. The van der Waals surface area contributed by atoms with Gasteiger partial charge < -0.3 is 26.3 Å². The molecule has 9 nitrogen and oxygen atoms in total. The maximum atomic E-state index is 12.1. The zero-order valence-corrected chi connectivity index (χ0v) is 18.4. The van der Waals surface area contributed by atoms with E-state index in [0.29, 0.717) is 22.9 Å². The lowest BCUT2D eigenvalue weighted by Gasteiger charge is -2.28. The van der Waals surface area contributed by atoms with Crippen LogP contribution in [0, 0.1) is 17.8 Å². The molecule has 2 fully saturated rings. The van der Waals surface area contributed by atoms with Crippen molar-refractivity contribution in [3.63, 3.8) is 0 Å². The van der Waals surface area contributed by atoms with Crippen molar-refractivity contribution in [1.29, 1.82) is 0 Å². The first-order valence-corrected chi connectivity index (χ1v) is 11.7. The lowest BCUT2D eigenvalue weighted by Crippen LogP contribution is -2.41. The van der Waals surface area contributed by atoms with Gasteiger partial charge in [-0.25, -0.2) is 4.98 Å². The molecule has 3 aromatic rings. The minimum absolute atomic E-state index is 0.0935. The van der Waals surface area contributed by atoms with E-state index >= 15 is 0 Å². The lowest BCUT2D eigenvalue weighted by atomic mass is 9.88. The number of hydrogen-bond donors (Lipinski definition) is 4. The molecule has 4 atom stereocenters. The molecule has 1 saturated carbocycles. The third-order valence-corrected chi connectivity index (χ3v) is 7.21. The number of nitrogens with one attached hydrogen (secondary N) is 3. The number of anilines is 4. The molecule has 2 aromatic heterocycles. The fourth-order valence-electron chi connectivity index (χ4n) is 5.59. The van der Waals surface area contributed by atoms with Gasteiger partial charge in [-0.15, -0.1) is 0 Å².